The molecule has 0 radical (unpaired) electrons. The number of benzene rings is 1. The molecule has 0 aromatic heterocycles. The zero-order valence-electron chi connectivity index (χ0n) is 13.6. The number of nitro groups is 1. The molecule has 1 aromatic carbocycles. The lowest BCUT2D eigenvalue weighted by atomic mass is 10.2. The third-order valence-corrected chi connectivity index (χ3v) is 4.13. The van der Waals surface area contributed by atoms with E-state index >= 15 is 0 Å². The van der Waals surface area contributed by atoms with Crippen LogP contribution in [0.4, 0.5) is 5.69 Å². The standard InChI is InChI=1S/C15H17N5O4S/c1-9(2)17-13(21)7-12-14(22)18-15(25-12)19-16-8-10-3-5-11(6-4-10)20(23)24/h3-6,8-9,12H,7H2,1-2H3,(H,17,21)(H,18,19,22)/b16-8-/t12-/m0/s1. The molecule has 9 nitrogen and oxygen atoms in total. The normalized spacial score (nSPS) is 18.8. The summed E-state index contributed by atoms with van der Waals surface area (Å²) in [4.78, 5) is 33.6. The Hall–Kier alpha value is -2.75. The van der Waals surface area contributed by atoms with Crippen LogP contribution in [-0.4, -0.2) is 39.4 Å². The van der Waals surface area contributed by atoms with E-state index in [4.69, 9.17) is 0 Å². The Labute approximate surface area is 148 Å². The Morgan fingerprint density at radius 2 is 2.12 bits per heavy atom. The number of hydrogen-bond acceptors (Lipinski definition) is 7. The molecule has 0 spiro atoms. The Morgan fingerprint density at radius 1 is 1.44 bits per heavy atom. The van der Waals surface area contributed by atoms with Crippen LogP contribution in [0.1, 0.15) is 25.8 Å². The first-order valence-electron chi connectivity index (χ1n) is 7.47. The van der Waals surface area contributed by atoms with Gasteiger partial charge in [0.25, 0.3) is 5.69 Å². The second kappa shape index (κ2) is 8.38. The molecule has 0 aliphatic carbocycles. The number of nitro benzene ring substituents is 1. The van der Waals surface area contributed by atoms with Crippen LogP contribution in [0.3, 0.4) is 0 Å². The molecule has 1 aromatic rings. The number of carbonyl (C=O) groups excluding carboxylic acids is 2. The molecule has 1 aliphatic rings. The molecule has 2 rings (SSSR count). The Balaban J connectivity index is 1.92. The lowest BCUT2D eigenvalue weighted by Crippen LogP contribution is -2.34. The van der Waals surface area contributed by atoms with Crippen LogP contribution < -0.4 is 10.6 Å². The summed E-state index contributed by atoms with van der Waals surface area (Å²) in [5.41, 5.74) is 0.627. The van der Waals surface area contributed by atoms with E-state index in [2.05, 4.69) is 20.8 Å². The van der Waals surface area contributed by atoms with Crippen molar-refractivity contribution in [3.63, 3.8) is 0 Å². The Bertz CT molecular complexity index is 730. The summed E-state index contributed by atoms with van der Waals surface area (Å²) in [6.45, 7) is 3.69. The van der Waals surface area contributed by atoms with E-state index in [1.165, 1.54) is 18.3 Å². The van der Waals surface area contributed by atoms with E-state index < -0.39 is 10.2 Å². The highest BCUT2D eigenvalue weighted by Gasteiger charge is 2.32. The van der Waals surface area contributed by atoms with Gasteiger partial charge in [0.1, 0.15) is 5.25 Å². The van der Waals surface area contributed by atoms with Crippen molar-refractivity contribution >= 4 is 40.6 Å². The van der Waals surface area contributed by atoms with Gasteiger partial charge in [0, 0.05) is 24.6 Å². The third-order valence-electron chi connectivity index (χ3n) is 3.06. The molecule has 0 unspecified atom stereocenters. The summed E-state index contributed by atoms with van der Waals surface area (Å²) < 4.78 is 0. The first-order chi connectivity index (χ1) is 11.8. The summed E-state index contributed by atoms with van der Waals surface area (Å²) in [5.74, 6) is -0.480. The van der Waals surface area contributed by atoms with Crippen molar-refractivity contribution in [1.82, 2.24) is 10.6 Å². The van der Waals surface area contributed by atoms with Crippen molar-refractivity contribution < 1.29 is 14.5 Å². The van der Waals surface area contributed by atoms with Crippen molar-refractivity contribution in [1.29, 1.82) is 0 Å². The van der Waals surface area contributed by atoms with Crippen molar-refractivity contribution in [3.8, 4) is 0 Å². The first-order valence-corrected chi connectivity index (χ1v) is 8.35. The molecule has 1 fully saturated rings. The predicted octanol–water partition coefficient (Wildman–Crippen LogP) is 1.43. The maximum Gasteiger partial charge on any atom is 0.269 e. The fourth-order valence-corrected chi connectivity index (χ4v) is 2.89. The molecular weight excluding hydrogens is 346 g/mol. The molecule has 1 heterocycles. The van der Waals surface area contributed by atoms with Gasteiger partial charge >= 0.3 is 0 Å². The van der Waals surface area contributed by atoms with Gasteiger partial charge in [-0.05, 0) is 31.5 Å². The number of rotatable bonds is 6. The average molecular weight is 363 g/mol. The highest BCUT2D eigenvalue weighted by atomic mass is 32.2. The number of thioether (sulfide) groups is 1. The average Bonchev–Trinajstić information content (AvgIpc) is 2.86. The van der Waals surface area contributed by atoms with E-state index in [0.717, 1.165) is 11.8 Å². The van der Waals surface area contributed by atoms with E-state index in [0.29, 0.717) is 10.7 Å². The van der Waals surface area contributed by atoms with Crippen LogP contribution in [0.15, 0.2) is 34.5 Å². The smallest absolute Gasteiger partial charge is 0.269 e. The minimum atomic E-state index is -0.535. The highest BCUT2D eigenvalue weighted by molar-refractivity contribution is 8.15. The van der Waals surface area contributed by atoms with Gasteiger partial charge in [-0.25, -0.2) is 0 Å². The summed E-state index contributed by atoms with van der Waals surface area (Å²) >= 11 is 1.14. The van der Waals surface area contributed by atoms with Crippen molar-refractivity contribution in [2.24, 2.45) is 10.2 Å². The summed E-state index contributed by atoms with van der Waals surface area (Å²) in [6, 6.07) is 5.83. The van der Waals surface area contributed by atoms with Gasteiger partial charge < -0.3 is 10.6 Å². The van der Waals surface area contributed by atoms with E-state index in [1.807, 2.05) is 13.8 Å². The number of nitrogens with zero attached hydrogens (tertiary/aromatic N) is 3. The molecular formula is C15H17N5O4S. The third kappa shape index (κ3) is 5.68. The van der Waals surface area contributed by atoms with E-state index in [-0.39, 0.29) is 30.0 Å². The number of nitrogens with one attached hydrogen (secondary N) is 2. The van der Waals surface area contributed by atoms with Crippen LogP contribution >= 0.6 is 11.8 Å². The number of carbonyl (C=O) groups is 2. The van der Waals surface area contributed by atoms with Gasteiger partial charge in [-0.3, -0.25) is 19.7 Å². The van der Waals surface area contributed by atoms with Crippen LogP contribution in [0, 0.1) is 10.1 Å². The van der Waals surface area contributed by atoms with Gasteiger partial charge in [0.05, 0.1) is 11.1 Å². The van der Waals surface area contributed by atoms with Gasteiger partial charge in [0.15, 0.2) is 5.17 Å². The molecule has 0 saturated carbocycles. The van der Waals surface area contributed by atoms with Crippen molar-refractivity contribution in [2.75, 3.05) is 0 Å². The molecule has 10 heteroatoms. The van der Waals surface area contributed by atoms with Gasteiger partial charge in [-0.2, -0.15) is 5.10 Å². The van der Waals surface area contributed by atoms with E-state index in [1.54, 1.807) is 12.1 Å². The molecule has 1 atom stereocenters. The summed E-state index contributed by atoms with van der Waals surface area (Å²) in [7, 11) is 0. The first kappa shape index (κ1) is 18.6. The summed E-state index contributed by atoms with van der Waals surface area (Å²) in [5, 5.41) is 23.4. The SMILES string of the molecule is CC(C)NC(=O)C[C@@H]1S/C(=N/N=C\c2ccc([N+](=O)[O-])cc2)NC1=O. The quantitative estimate of drug-likeness (QED) is 0.449. The second-order valence-corrected chi connectivity index (χ2v) is 6.71. The second-order valence-electron chi connectivity index (χ2n) is 5.52. The number of amidine groups is 1. The molecule has 132 valence electrons. The van der Waals surface area contributed by atoms with Crippen LogP contribution in [0.25, 0.3) is 0 Å². The Kier molecular flexibility index (Phi) is 6.23. The molecule has 0 bridgehead atoms. The maximum absolute atomic E-state index is 11.8. The molecule has 2 amide bonds. The maximum atomic E-state index is 11.8. The molecule has 1 saturated heterocycles. The lowest BCUT2D eigenvalue weighted by Gasteiger charge is -2.09. The Morgan fingerprint density at radius 3 is 2.72 bits per heavy atom. The van der Waals surface area contributed by atoms with Gasteiger partial charge in [-0.1, -0.05) is 11.8 Å². The molecule has 1 aliphatic heterocycles. The minimum Gasteiger partial charge on any atom is -0.354 e. The van der Waals surface area contributed by atoms with Crippen molar-refractivity contribution in [2.45, 2.75) is 31.6 Å². The number of non-ortho nitro benzene ring substituents is 1. The van der Waals surface area contributed by atoms with Crippen LogP contribution in [-0.2, 0) is 9.59 Å². The minimum absolute atomic E-state index is 0.00964. The molecule has 2 N–H and O–H groups in total. The number of amides is 2. The zero-order valence-corrected chi connectivity index (χ0v) is 14.4. The van der Waals surface area contributed by atoms with Crippen LogP contribution in [0.2, 0.25) is 0 Å². The predicted molar refractivity (Wildman–Crippen MR) is 95.5 cm³/mol. The largest absolute Gasteiger partial charge is 0.354 e. The fourth-order valence-electron chi connectivity index (χ4n) is 1.97. The van der Waals surface area contributed by atoms with Crippen LogP contribution in [0.5, 0.6) is 0 Å². The fraction of sp³-hybridized carbons (Fsp3) is 0.333. The van der Waals surface area contributed by atoms with Crippen molar-refractivity contribution in [3.05, 3.63) is 39.9 Å². The monoisotopic (exact) mass is 363 g/mol. The lowest BCUT2D eigenvalue weighted by molar-refractivity contribution is -0.384. The number of hydrogen-bond donors (Lipinski definition) is 2. The molecule has 25 heavy (non-hydrogen) atoms. The topological polar surface area (TPSA) is 126 Å². The zero-order chi connectivity index (χ0) is 18.4. The highest BCUT2D eigenvalue weighted by Crippen LogP contribution is 2.22. The van der Waals surface area contributed by atoms with Gasteiger partial charge in [-0.15, -0.1) is 5.10 Å². The summed E-state index contributed by atoms with van der Waals surface area (Å²) in [6.07, 6.45) is 1.49. The van der Waals surface area contributed by atoms with Gasteiger partial charge in [0.2, 0.25) is 11.8 Å². The van der Waals surface area contributed by atoms with E-state index in [9.17, 15) is 19.7 Å².